The lowest BCUT2D eigenvalue weighted by Gasteiger charge is -2.33. The van der Waals surface area contributed by atoms with Crippen molar-refractivity contribution in [2.45, 2.75) is 57.4 Å². The van der Waals surface area contributed by atoms with Gasteiger partial charge in [-0.2, -0.15) is 18.3 Å². The van der Waals surface area contributed by atoms with Crippen LogP contribution in [-0.2, 0) is 12.7 Å². The Morgan fingerprint density at radius 1 is 1.25 bits per heavy atom. The minimum atomic E-state index is -4.59. The highest BCUT2D eigenvalue weighted by molar-refractivity contribution is 5.95. The summed E-state index contributed by atoms with van der Waals surface area (Å²) >= 11 is 0. The summed E-state index contributed by atoms with van der Waals surface area (Å²) in [6.07, 6.45) is 0.236. The SMILES string of the molecule is CCn1ncc(C(=O)N2CCC[C@@H]2[C@@H]2CCCN2C)c1C(F)(F)F. The minimum absolute atomic E-state index is 0.00365. The molecule has 3 rings (SSSR count). The topological polar surface area (TPSA) is 41.4 Å². The number of amides is 1. The number of carbonyl (C=O) groups is 1. The molecule has 134 valence electrons. The van der Waals surface area contributed by atoms with E-state index in [9.17, 15) is 18.0 Å². The number of aryl methyl sites for hydroxylation is 1. The average molecular weight is 344 g/mol. The Hall–Kier alpha value is -1.57. The van der Waals surface area contributed by atoms with Crippen molar-refractivity contribution in [1.82, 2.24) is 19.6 Å². The zero-order valence-electron chi connectivity index (χ0n) is 14.0. The first-order valence-electron chi connectivity index (χ1n) is 8.48. The zero-order chi connectivity index (χ0) is 17.5. The number of halogens is 3. The van der Waals surface area contributed by atoms with E-state index in [1.165, 1.54) is 0 Å². The lowest BCUT2D eigenvalue weighted by atomic mass is 10.0. The highest BCUT2D eigenvalue weighted by Gasteiger charge is 2.44. The number of carbonyl (C=O) groups excluding carboxylic acids is 1. The van der Waals surface area contributed by atoms with E-state index in [0.29, 0.717) is 6.54 Å². The Labute approximate surface area is 139 Å². The molecule has 24 heavy (non-hydrogen) atoms. The summed E-state index contributed by atoms with van der Waals surface area (Å²) in [5.41, 5.74) is -1.25. The molecule has 2 atom stereocenters. The number of aromatic nitrogens is 2. The molecule has 0 spiro atoms. The van der Waals surface area contributed by atoms with E-state index < -0.39 is 17.8 Å². The van der Waals surface area contributed by atoms with Crippen molar-refractivity contribution in [3.8, 4) is 0 Å². The molecule has 0 N–H and O–H groups in total. The smallest absolute Gasteiger partial charge is 0.334 e. The van der Waals surface area contributed by atoms with Gasteiger partial charge in [0.1, 0.15) is 0 Å². The second-order valence-electron chi connectivity index (χ2n) is 6.62. The zero-order valence-corrected chi connectivity index (χ0v) is 14.0. The van der Waals surface area contributed by atoms with Crippen LogP contribution in [0.1, 0.15) is 48.7 Å². The fraction of sp³-hybridized carbons (Fsp3) is 0.750. The number of likely N-dealkylation sites (N-methyl/N-ethyl adjacent to an activating group) is 1. The van der Waals surface area contributed by atoms with Crippen LogP contribution in [0.2, 0.25) is 0 Å². The Morgan fingerprint density at radius 3 is 2.50 bits per heavy atom. The van der Waals surface area contributed by atoms with E-state index in [-0.39, 0.29) is 24.2 Å². The molecule has 1 amide bonds. The average Bonchev–Trinajstić information content (AvgIpc) is 3.23. The van der Waals surface area contributed by atoms with Crippen molar-refractivity contribution < 1.29 is 18.0 Å². The fourth-order valence-electron chi connectivity index (χ4n) is 4.10. The summed E-state index contributed by atoms with van der Waals surface area (Å²) in [5.74, 6) is -0.537. The Bertz CT molecular complexity index is 613. The maximum Gasteiger partial charge on any atom is 0.433 e. The van der Waals surface area contributed by atoms with Gasteiger partial charge >= 0.3 is 6.18 Å². The normalized spacial score (nSPS) is 25.6. The summed E-state index contributed by atoms with van der Waals surface area (Å²) < 4.78 is 41.1. The van der Waals surface area contributed by atoms with Crippen molar-refractivity contribution in [3.05, 3.63) is 17.5 Å². The number of alkyl halides is 3. The summed E-state index contributed by atoms with van der Waals surface area (Å²) in [6, 6.07) is 0.239. The number of likely N-dealkylation sites (tertiary alicyclic amines) is 2. The lowest BCUT2D eigenvalue weighted by molar-refractivity contribution is -0.144. The standard InChI is InChI=1S/C16H23F3N4O/c1-3-23-14(16(17,18)19)11(10-20-23)15(24)22-9-5-7-13(22)12-6-4-8-21(12)2/h10,12-13H,3-9H2,1-2H3/t12-,13+/m0/s1. The first-order valence-corrected chi connectivity index (χ1v) is 8.48. The second-order valence-corrected chi connectivity index (χ2v) is 6.62. The third kappa shape index (κ3) is 2.92. The Morgan fingerprint density at radius 2 is 1.92 bits per heavy atom. The van der Waals surface area contributed by atoms with Crippen LogP contribution in [0.25, 0.3) is 0 Å². The molecule has 3 heterocycles. The third-order valence-electron chi connectivity index (χ3n) is 5.22. The van der Waals surface area contributed by atoms with Gasteiger partial charge in [0, 0.05) is 25.2 Å². The second kappa shape index (κ2) is 6.38. The maximum atomic E-state index is 13.4. The molecule has 1 aromatic heterocycles. The molecule has 0 aromatic carbocycles. The molecule has 0 aliphatic carbocycles. The lowest BCUT2D eigenvalue weighted by Crippen LogP contribution is -2.47. The fourth-order valence-corrected chi connectivity index (χ4v) is 4.10. The molecule has 0 radical (unpaired) electrons. The number of hydrogen-bond donors (Lipinski definition) is 0. The highest BCUT2D eigenvalue weighted by Crippen LogP contribution is 2.35. The quantitative estimate of drug-likeness (QED) is 0.846. The van der Waals surface area contributed by atoms with Crippen LogP contribution in [0.4, 0.5) is 13.2 Å². The number of rotatable bonds is 3. The molecule has 2 aliphatic heterocycles. The maximum absolute atomic E-state index is 13.4. The van der Waals surface area contributed by atoms with E-state index in [1.54, 1.807) is 11.8 Å². The van der Waals surface area contributed by atoms with Crippen LogP contribution < -0.4 is 0 Å². The summed E-state index contributed by atoms with van der Waals surface area (Å²) in [5, 5.41) is 3.77. The van der Waals surface area contributed by atoms with Gasteiger partial charge in [-0.1, -0.05) is 0 Å². The van der Waals surface area contributed by atoms with Gasteiger partial charge in [-0.15, -0.1) is 0 Å². The predicted molar refractivity (Wildman–Crippen MR) is 82.6 cm³/mol. The van der Waals surface area contributed by atoms with Gasteiger partial charge in [0.25, 0.3) is 5.91 Å². The van der Waals surface area contributed by atoms with Gasteiger partial charge in [-0.05, 0) is 46.2 Å². The third-order valence-corrected chi connectivity index (χ3v) is 5.22. The predicted octanol–water partition coefficient (Wildman–Crippen LogP) is 2.62. The Balaban J connectivity index is 1.90. The molecular weight excluding hydrogens is 321 g/mol. The first kappa shape index (κ1) is 17.3. The van der Waals surface area contributed by atoms with Gasteiger partial charge < -0.3 is 9.80 Å². The Kier molecular flexibility index (Phi) is 4.59. The van der Waals surface area contributed by atoms with Crippen LogP contribution in [0.3, 0.4) is 0 Å². The molecule has 2 saturated heterocycles. The number of hydrogen-bond acceptors (Lipinski definition) is 3. The minimum Gasteiger partial charge on any atom is -0.334 e. The highest BCUT2D eigenvalue weighted by atomic mass is 19.4. The van der Waals surface area contributed by atoms with E-state index in [1.807, 2.05) is 7.05 Å². The van der Waals surface area contributed by atoms with E-state index in [4.69, 9.17) is 0 Å². The van der Waals surface area contributed by atoms with Crippen molar-refractivity contribution in [2.24, 2.45) is 0 Å². The molecule has 0 unspecified atom stereocenters. The largest absolute Gasteiger partial charge is 0.433 e. The van der Waals surface area contributed by atoms with Crippen molar-refractivity contribution >= 4 is 5.91 Å². The van der Waals surface area contributed by atoms with Crippen molar-refractivity contribution in [2.75, 3.05) is 20.1 Å². The molecule has 8 heteroatoms. The van der Waals surface area contributed by atoms with E-state index in [0.717, 1.165) is 43.1 Å². The van der Waals surface area contributed by atoms with Crippen molar-refractivity contribution in [3.63, 3.8) is 0 Å². The molecule has 0 saturated carbocycles. The van der Waals surface area contributed by atoms with Crippen LogP contribution >= 0.6 is 0 Å². The molecule has 2 fully saturated rings. The van der Waals surface area contributed by atoms with Gasteiger partial charge in [0.15, 0.2) is 5.69 Å². The molecule has 5 nitrogen and oxygen atoms in total. The van der Waals surface area contributed by atoms with Gasteiger partial charge in [-0.25, -0.2) is 0 Å². The van der Waals surface area contributed by atoms with Crippen LogP contribution in [0.15, 0.2) is 6.20 Å². The number of nitrogens with zero attached hydrogens (tertiary/aromatic N) is 4. The summed E-state index contributed by atoms with van der Waals surface area (Å²) in [6.45, 7) is 3.16. The van der Waals surface area contributed by atoms with E-state index >= 15 is 0 Å². The molecule has 0 bridgehead atoms. The van der Waals surface area contributed by atoms with E-state index in [2.05, 4.69) is 10.00 Å². The first-order chi connectivity index (χ1) is 11.3. The summed E-state index contributed by atoms with van der Waals surface area (Å²) in [7, 11) is 2.02. The molecule has 2 aliphatic rings. The molecule has 1 aromatic rings. The van der Waals surface area contributed by atoms with Crippen LogP contribution in [-0.4, -0.2) is 57.7 Å². The monoisotopic (exact) mass is 344 g/mol. The van der Waals surface area contributed by atoms with Crippen LogP contribution in [0, 0.1) is 0 Å². The summed E-state index contributed by atoms with van der Waals surface area (Å²) in [4.78, 5) is 16.7. The van der Waals surface area contributed by atoms with Gasteiger partial charge in [0.2, 0.25) is 0 Å². The van der Waals surface area contributed by atoms with Crippen molar-refractivity contribution in [1.29, 1.82) is 0 Å². The van der Waals surface area contributed by atoms with Gasteiger partial charge in [0.05, 0.1) is 11.8 Å². The van der Waals surface area contributed by atoms with Gasteiger partial charge in [-0.3, -0.25) is 9.48 Å². The molecular formula is C16H23F3N4O. The van der Waals surface area contributed by atoms with Crippen LogP contribution in [0.5, 0.6) is 0 Å².